The van der Waals surface area contributed by atoms with Gasteiger partial charge in [0, 0.05) is 33.0 Å². The maximum Gasteiger partial charge on any atom is 0.158 e. The average molecular weight is 282 g/mol. The fraction of sp³-hybridized carbons (Fsp3) is 0.417. The fourth-order valence-corrected chi connectivity index (χ4v) is 1.89. The minimum atomic E-state index is 0.345. The normalized spacial score (nSPS) is 10.7. The first-order valence-corrected chi connectivity index (χ1v) is 6.29. The third-order valence-corrected chi connectivity index (χ3v) is 2.69. The molecular weight excluding hydrogens is 266 g/mol. The van der Waals surface area contributed by atoms with E-state index in [-0.39, 0.29) is 0 Å². The number of ether oxygens (including phenoxy) is 1. The zero-order valence-electron chi connectivity index (χ0n) is 10.9. The maximum atomic E-state index is 5.93. The van der Waals surface area contributed by atoms with Gasteiger partial charge in [0.05, 0.1) is 6.20 Å². The lowest BCUT2D eigenvalue weighted by Gasteiger charge is -2.07. The summed E-state index contributed by atoms with van der Waals surface area (Å²) in [5.41, 5.74) is 1.17. The largest absolute Gasteiger partial charge is 0.377 e. The summed E-state index contributed by atoms with van der Waals surface area (Å²) < 4.78 is 6.78. The molecule has 0 aromatic carbocycles. The van der Waals surface area contributed by atoms with Gasteiger partial charge in [-0.15, -0.1) is 0 Å². The molecule has 102 valence electrons. The number of anilines is 1. The first-order valence-electron chi connectivity index (χ1n) is 5.91. The van der Waals surface area contributed by atoms with Crippen LogP contribution in [0.3, 0.4) is 0 Å². The third kappa shape index (κ3) is 4.18. The monoisotopic (exact) mass is 281 g/mol. The molecule has 0 bridgehead atoms. The van der Waals surface area contributed by atoms with Crippen LogP contribution in [0.25, 0.3) is 0 Å². The highest BCUT2D eigenvalue weighted by atomic mass is 35.5. The van der Waals surface area contributed by atoms with Crippen LogP contribution in [0.15, 0.2) is 18.5 Å². The van der Waals surface area contributed by atoms with E-state index in [1.807, 2.05) is 19.4 Å². The van der Waals surface area contributed by atoms with E-state index < -0.39 is 0 Å². The number of aromatic nitrogens is 4. The Morgan fingerprint density at radius 1 is 1.42 bits per heavy atom. The van der Waals surface area contributed by atoms with Crippen molar-refractivity contribution in [2.24, 2.45) is 7.05 Å². The third-order valence-electron chi connectivity index (χ3n) is 2.49. The molecule has 19 heavy (non-hydrogen) atoms. The Kier molecular flexibility index (Phi) is 4.70. The number of halogens is 1. The molecule has 0 amide bonds. The van der Waals surface area contributed by atoms with Crippen LogP contribution >= 0.6 is 11.6 Å². The van der Waals surface area contributed by atoms with Gasteiger partial charge in [0.15, 0.2) is 5.82 Å². The lowest BCUT2D eigenvalue weighted by molar-refractivity contribution is 0.178. The smallest absolute Gasteiger partial charge is 0.158 e. The Hall–Kier alpha value is -1.66. The summed E-state index contributed by atoms with van der Waals surface area (Å²) in [4.78, 5) is 8.38. The van der Waals surface area contributed by atoms with Gasteiger partial charge >= 0.3 is 0 Å². The highest BCUT2D eigenvalue weighted by Gasteiger charge is 2.03. The van der Waals surface area contributed by atoms with Gasteiger partial charge in [0.25, 0.3) is 0 Å². The summed E-state index contributed by atoms with van der Waals surface area (Å²) in [7, 11) is 3.50. The van der Waals surface area contributed by atoms with Crippen LogP contribution in [0.4, 0.5) is 5.82 Å². The molecular formula is C12H16ClN5O. The predicted octanol–water partition coefficient (Wildman–Crippen LogP) is 1.66. The van der Waals surface area contributed by atoms with Crippen molar-refractivity contribution in [2.75, 3.05) is 19.0 Å². The quantitative estimate of drug-likeness (QED) is 0.816. The van der Waals surface area contributed by atoms with Gasteiger partial charge in [-0.2, -0.15) is 5.10 Å². The molecule has 2 heterocycles. The number of aryl methyl sites for hydroxylation is 1. The molecule has 0 fully saturated rings. The second kappa shape index (κ2) is 6.49. The lowest BCUT2D eigenvalue weighted by Crippen LogP contribution is -2.08. The first-order chi connectivity index (χ1) is 9.17. The number of hydrogen-bond donors (Lipinski definition) is 1. The predicted molar refractivity (Wildman–Crippen MR) is 73.2 cm³/mol. The maximum absolute atomic E-state index is 5.93. The van der Waals surface area contributed by atoms with E-state index >= 15 is 0 Å². The molecule has 1 N–H and O–H groups in total. The summed E-state index contributed by atoms with van der Waals surface area (Å²) in [6.07, 6.45) is 4.71. The molecule has 7 heteroatoms. The van der Waals surface area contributed by atoms with Crippen molar-refractivity contribution in [3.8, 4) is 0 Å². The molecule has 0 aliphatic carbocycles. The Morgan fingerprint density at radius 2 is 2.26 bits per heavy atom. The van der Waals surface area contributed by atoms with Crippen molar-refractivity contribution in [3.63, 3.8) is 0 Å². The van der Waals surface area contributed by atoms with Crippen molar-refractivity contribution < 1.29 is 4.74 Å². The molecule has 0 atom stereocenters. The second-order valence-electron chi connectivity index (χ2n) is 4.12. The first kappa shape index (κ1) is 13.8. The molecule has 2 aromatic heterocycles. The zero-order valence-corrected chi connectivity index (χ0v) is 11.7. The second-order valence-corrected chi connectivity index (χ2v) is 4.51. The molecule has 2 rings (SSSR count). The van der Waals surface area contributed by atoms with Crippen LogP contribution in [-0.2, 0) is 24.8 Å². The molecule has 0 spiro atoms. The molecule has 0 saturated carbocycles. The van der Waals surface area contributed by atoms with Gasteiger partial charge in [-0.1, -0.05) is 11.6 Å². The topological polar surface area (TPSA) is 64.9 Å². The summed E-state index contributed by atoms with van der Waals surface area (Å²) in [5, 5.41) is 7.74. The molecule has 0 saturated heterocycles. The van der Waals surface area contributed by atoms with Crippen LogP contribution in [0.5, 0.6) is 0 Å². The minimum absolute atomic E-state index is 0.345. The van der Waals surface area contributed by atoms with E-state index in [4.69, 9.17) is 16.3 Å². The van der Waals surface area contributed by atoms with Crippen molar-refractivity contribution in [3.05, 3.63) is 35.0 Å². The van der Waals surface area contributed by atoms with Crippen LogP contribution in [0.2, 0.25) is 5.15 Å². The van der Waals surface area contributed by atoms with Crippen LogP contribution in [0.1, 0.15) is 11.4 Å². The number of hydrogen-bond acceptors (Lipinski definition) is 5. The van der Waals surface area contributed by atoms with Gasteiger partial charge in [-0.25, -0.2) is 9.97 Å². The summed E-state index contributed by atoms with van der Waals surface area (Å²) >= 11 is 5.93. The fourth-order valence-electron chi connectivity index (χ4n) is 1.68. The van der Waals surface area contributed by atoms with Gasteiger partial charge in [0.1, 0.15) is 17.6 Å². The van der Waals surface area contributed by atoms with Crippen LogP contribution in [-0.4, -0.2) is 33.4 Å². The van der Waals surface area contributed by atoms with E-state index in [2.05, 4.69) is 20.4 Å². The Morgan fingerprint density at radius 3 is 2.95 bits per heavy atom. The lowest BCUT2D eigenvalue weighted by atomic mass is 10.2. The zero-order chi connectivity index (χ0) is 13.7. The molecule has 0 aliphatic rings. The molecule has 0 aliphatic heterocycles. The van der Waals surface area contributed by atoms with Gasteiger partial charge < -0.3 is 10.1 Å². The van der Waals surface area contributed by atoms with Crippen molar-refractivity contribution >= 4 is 17.4 Å². The minimum Gasteiger partial charge on any atom is -0.377 e. The van der Waals surface area contributed by atoms with E-state index in [0.717, 1.165) is 13.0 Å². The SMILES string of the molecule is COCc1nc(Cl)cc(NCCc2cnn(C)c2)n1. The van der Waals surface area contributed by atoms with E-state index in [9.17, 15) is 0 Å². The van der Waals surface area contributed by atoms with Crippen molar-refractivity contribution in [1.29, 1.82) is 0 Å². The number of methoxy groups -OCH3 is 1. The highest BCUT2D eigenvalue weighted by molar-refractivity contribution is 6.29. The summed E-state index contributed by atoms with van der Waals surface area (Å²) in [6, 6.07) is 1.70. The van der Waals surface area contributed by atoms with Gasteiger partial charge in [-0.05, 0) is 12.0 Å². The van der Waals surface area contributed by atoms with Crippen LogP contribution < -0.4 is 5.32 Å². The van der Waals surface area contributed by atoms with E-state index in [1.165, 1.54) is 5.56 Å². The molecule has 0 radical (unpaired) electrons. The van der Waals surface area contributed by atoms with E-state index in [1.54, 1.807) is 17.9 Å². The Labute approximate surface area is 116 Å². The number of rotatable bonds is 6. The summed E-state index contributed by atoms with van der Waals surface area (Å²) in [6.45, 7) is 1.10. The number of nitrogens with one attached hydrogen (secondary N) is 1. The van der Waals surface area contributed by atoms with Gasteiger partial charge in [-0.3, -0.25) is 4.68 Å². The summed E-state index contributed by atoms with van der Waals surface area (Å²) in [5.74, 6) is 1.27. The average Bonchev–Trinajstić information content (AvgIpc) is 2.75. The Bertz CT molecular complexity index is 543. The molecule has 0 unspecified atom stereocenters. The van der Waals surface area contributed by atoms with E-state index in [0.29, 0.717) is 23.4 Å². The van der Waals surface area contributed by atoms with Gasteiger partial charge in [0.2, 0.25) is 0 Å². The molecule has 6 nitrogen and oxygen atoms in total. The Balaban J connectivity index is 1.91. The number of nitrogens with zero attached hydrogens (tertiary/aromatic N) is 4. The highest BCUT2D eigenvalue weighted by Crippen LogP contribution is 2.12. The van der Waals surface area contributed by atoms with Crippen LogP contribution in [0, 0.1) is 0 Å². The molecule has 2 aromatic rings. The van der Waals surface area contributed by atoms with Crippen molar-refractivity contribution in [1.82, 2.24) is 19.7 Å². The van der Waals surface area contributed by atoms with Crippen molar-refractivity contribution in [2.45, 2.75) is 13.0 Å². The standard InChI is InChI=1S/C12H16ClN5O/c1-18-7-9(6-15-18)3-4-14-11-5-10(13)16-12(17-11)8-19-2/h5-7H,3-4,8H2,1-2H3,(H,14,16,17).